The first kappa shape index (κ1) is 31.3. The zero-order valence-corrected chi connectivity index (χ0v) is 24.3. The van der Waals surface area contributed by atoms with Crippen LogP contribution in [0.5, 0.6) is 0 Å². The van der Waals surface area contributed by atoms with Crippen LogP contribution in [0.2, 0.25) is 5.02 Å². The van der Waals surface area contributed by atoms with E-state index in [-0.39, 0.29) is 22.9 Å². The number of nitrogens with two attached hydrogens (primary N) is 2. The third-order valence-corrected chi connectivity index (χ3v) is 7.34. The summed E-state index contributed by atoms with van der Waals surface area (Å²) in [6.07, 6.45) is 4.76. The van der Waals surface area contributed by atoms with E-state index in [0.29, 0.717) is 54.0 Å². The van der Waals surface area contributed by atoms with Crippen LogP contribution >= 0.6 is 11.6 Å². The summed E-state index contributed by atoms with van der Waals surface area (Å²) in [7, 11) is 0. The Morgan fingerprint density at radius 2 is 1.95 bits per heavy atom. The molecule has 0 bridgehead atoms. The molecular weight excluding hydrogens is 562 g/mol. The molecule has 2 atom stereocenters. The molecule has 0 unspecified atom stereocenters. The van der Waals surface area contributed by atoms with Gasteiger partial charge in [-0.3, -0.25) is 9.98 Å². The molecule has 0 fully saturated rings. The zero-order valence-electron chi connectivity index (χ0n) is 23.5. The summed E-state index contributed by atoms with van der Waals surface area (Å²) in [5.41, 5.74) is 14.9. The second-order valence-electron chi connectivity index (χ2n) is 10.5. The van der Waals surface area contributed by atoms with Gasteiger partial charge in [-0.1, -0.05) is 23.7 Å². The minimum Gasteiger partial charge on any atom is -0.372 e. The fraction of sp³-hybridized carbons (Fsp3) is 0.367. The Hall–Kier alpha value is -3.64. The fourth-order valence-corrected chi connectivity index (χ4v) is 4.96. The van der Waals surface area contributed by atoms with Crippen LogP contribution in [-0.4, -0.2) is 52.2 Å². The first-order chi connectivity index (χ1) is 20.2. The summed E-state index contributed by atoms with van der Waals surface area (Å²) in [5, 5.41) is 14.1. The lowest BCUT2D eigenvalue weighted by atomic mass is 10.0. The molecule has 9 nitrogen and oxygen atoms in total. The molecule has 2 aromatic heterocycles. The van der Waals surface area contributed by atoms with Crippen LogP contribution in [0.1, 0.15) is 37.3 Å². The molecular formula is C30H37ClF2N8O. The molecule has 12 heteroatoms. The lowest BCUT2D eigenvalue weighted by Crippen LogP contribution is -2.39. The van der Waals surface area contributed by atoms with Gasteiger partial charge in [-0.25, -0.2) is 13.6 Å². The molecule has 42 heavy (non-hydrogen) atoms. The molecule has 0 aliphatic carbocycles. The lowest BCUT2D eigenvalue weighted by Gasteiger charge is -2.17. The van der Waals surface area contributed by atoms with E-state index in [1.54, 1.807) is 24.4 Å². The smallest absolute Gasteiger partial charge is 0.354 e. The van der Waals surface area contributed by atoms with Crippen molar-refractivity contribution in [1.82, 2.24) is 25.2 Å². The number of hydrogen-bond acceptors (Lipinski definition) is 6. The number of aryl methyl sites for hydroxylation is 1. The number of alkyl halides is 1. The van der Waals surface area contributed by atoms with Crippen LogP contribution in [0, 0.1) is 11.2 Å². The van der Waals surface area contributed by atoms with Gasteiger partial charge in [0.05, 0.1) is 16.4 Å². The normalized spacial score (nSPS) is 12.9. The summed E-state index contributed by atoms with van der Waals surface area (Å²) in [5.74, 6) is -0.680. The Bertz CT molecular complexity index is 1570. The Morgan fingerprint density at radius 1 is 1.19 bits per heavy atom. The molecule has 224 valence electrons. The van der Waals surface area contributed by atoms with E-state index in [2.05, 4.69) is 20.6 Å². The van der Waals surface area contributed by atoms with Gasteiger partial charge in [0, 0.05) is 48.9 Å². The monoisotopic (exact) mass is 598 g/mol. The molecule has 0 amide bonds. The number of amidine groups is 1. The Morgan fingerprint density at radius 3 is 2.64 bits per heavy atom. The molecule has 4 rings (SSSR count). The third-order valence-electron chi connectivity index (χ3n) is 7.07. The second kappa shape index (κ2) is 14.5. The predicted octanol–water partition coefficient (Wildman–Crippen LogP) is 4.19. The Labute approximate surface area is 248 Å². The second-order valence-corrected chi connectivity index (χ2v) is 10.9. The van der Waals surface area contributed by atoms with Gasteiger partial charge in [0.15, 0.2) is 5.82 Å². The number of aromatic nitrogens is 3. The quantitative estimate of drug-likeness (QED) is 0.0946. The molecule has 0 radical (unpaired) electrons. The molecule has 0 aliphatic heterocycles. The van der Waals surface area contributed by atoms with Crippen molar-refractivity contribution in [2.75, 3.05) is 19.8 Å². The van der Waals surface area contributed by atoms with E-state index in [1.165, 1.54) is 4.57 Å². The minimum atomic E-state index is -0.819. The number of aromatic amines is 1. The number of H-pyrrole nitrogens is 1. The molecule has 0 saturated heterocycles. The van der Waals surface area contributed by atoms with Gasteiger partial charge in [0.1, 0.15) is 18.2 Å². The molecule has 4 aromatic rings. The van der Waals surface area contributed by atoms with Gasteiger partial charge in [0.2, 0.25) is 0 Å². The van der Waals surface area contributed by atoms with Crippen LogP contribution < -0.4 is 27.8 Å². The summed E-state index contributed by atoms with van der Waals surface area (Å²) in [6.45, 7) is 2.54. The molecule has 2 aromatic carbocycles. The van der Waals surface area contributed by atoms with Gasteiger partial charge >= 0.3 is 5.69 Å². The average molecular weight is 599 g/mol. The Kier molecular flexibility index (Phi) is 10.8. The van der Waals surface area contributed by atoms with Gasteiger partial charge in [0.25, 0.3) is 0 Å². The number of hydrogen-bond donors (Lipinski definition) is 6. The molecule has 0 aliphatic rings. The maximum atomic E-state index is 15.1. The SMILES string of the molecule is C[C@H](N)CCCc1cc(Cl)c(F)c(-c2cc3cn(-c4ccc(CN[C@@H](CN)CCNC(=N)CF)cc4)c(=O)nc3[nH]2)c1. The van der Waals surface area contributed by atoms with E-state index in [4.69, 9.17) is 28.5 Å². The van der Waals surface area contributed by atoms with Crippen molar-refractivity contribution in [1.29, 1.82) is 5.41 Å². The number of nitrogens with one attached hydrogen (secondary N) is 4. The number of halogens is 3. The van der Waals surface area contributed by atoms with Gasteiger partial charge in [-0.15, -0.1) is 0 Å². The highest BCUT2D eigenvalue weighted by molar-refractivity contribution is 6.31. The lowest BCUT2D eigenvalue weighted by molar-refractivity contribution is 0.481. The van der Waals surface area contributed by atoms with Gasteiger partial charge in [-0.2, -0.15) is 4.98 Å². The van der Waals surface area contributed by atoms with E-state index < -0.39 is 18.2 Å². The summed E-state index contributed by atoms with van der Waals surface area (Å²) < 4.78 is 28.9. The van der Waals surface area contributed by atoms with E-state index in [0.717, 1.165) is 30.4 Å². The average Bonchev–Trinajstić information content (AvgIpc) is 3.38. The number of rotatable bonds is 14. The van der Waals surface area contributed by atoms with Crippen LogP contribution in [0.15, 0.2) is 53.5 Å². The maximum absolute atomic E-state index is 15.1. The first-order valence-electron chi connectivity index (χ1n) is 13.9. The summed E-state index contributed by atoms with van der Waals surface area (Å²) >= 11 is 6.22. The predicted molar refractivity (Wildman–Crippen MR) is 165 cm³/mol. The maximum Gasteiger partial charge on any atom is 0.354 e. The van der Waals surface area contributed by atoms with Crippen molar-refractivity contribution >= 4 is 28.5 Å². The summed E-state index contributed by atoms with van der Waals surface area (Å²) in [4.78, 5) is 20.2. The fourth-order valence-electron chi connectivity index (χ4n) is 4.72. The van der Waals surface area contributed by atoms with Gasteiger partial charge in [-0.05, 0) is 74.1 Å². The van der Waals surface area contributed by atoms with Crippen molar-refractivity contribution in [2.45, 2.75) is 51.2 Å². The van der Waals surface area contributed by atoms with Crippen molar-refractivity contribution in [3.8, 4) is 16.9 Å². The van der Waals surface area contributed by atoms with Crippen molar-refractivity contribution < 1.29 is 8.78 Å². The van der Waals surface area contributed by atoms with Crippen molar-refractivity contribution in [2.24, 2.45) is 11.5 Å². The van der Waals surface area contributed by atoms with Crippen molar-refractivity contribution in [3.63, 3.8) is 0 Å². The molecule has 0 saturated carbocycles. The third kappa shape index (κ3) is 8.01. The van der Waals surface area contributed by atoms with Crippen LogP contribution in [0.4, 0.5) is 8.78 Å². The first-order valence-corrected chi connectivity index (χ1v) is 14.3. The molecule has 0 spiro atoms. The highest BCUT2D eigenvalue weighted by Gasteiger charge is 2.16. The summed E-state index contributed by atoms with van der Waals surface area (Å²) in [6, 6.07) is 12.7. The number of nitrogens with zero attached hydrogens (tertiary/aromatic N) is 2. The van der Waals surface area contributed by atoms with E-state index in [9.17, 15) is 9.18 Å². The van der Waals surface area contributed by atoms with E-state index >= 15 is 4.39 Å². The largest absolute Gasteiger partial charge is 0.372 e. The molecule has 2 heterocycles. The van der Waals surface area contributed by atoms with Gasteiger partial charge < -0.3 is 27.1 Å². The zero-order chi connectivity index (χ0) is 30.2. The standard InChI is InChI=1S/C30H37ClF2N8O/c1-18(35)3-2-4-20-11-24(28(33)25(31)12-20)26-13-21-17-41(30(42)40-29(21)39-26)23-7-5-19(6-8-23)16-38-22(15-34)9-10-37-27(36)14-32/h5-8,11-13,17-18,22,38H,2-4,9-10,14-16,34-35H2,1H3,(H2,36,37)(H,39,40,42)/t18-,22+/m0/s1. The number of benzene rings is 2. The van der Waals surface area contributed by atoms with Crippen LogP contribution in [-0.2, 0) is 13.0 Å². The highest BCUT2D eigenvalue weighted by atomic mass is 35.5. The van der Waals surface area contributed by atoms with Crippen LogP contribution in [0.3, 0.4) is 0 Å². The topological polar surface area (TPSA) is 151 Å². The Balaban J connectivity index is 1.49. The number of fused-ring (bicyclic) bond motifs is 1. The van der Waals surface area contributed by atoms with E-state index in [1.807, 2.05) is 31.2 Å². The molecule has 8 N–H and O–H groups in total. The van der Waals surface area contributed by atoms with Crippen LogP contribution in [0.25, 0.3) is 28.0 Å². The minimum absolute atomic E-state index is 0.00310. The highest BCUT2D eigenvalue weighted by Crippen LogP contribution is 2.31. The van der Waals surface area contributed by atoms with Crippen molar-refractivity contribution in [3.05, 3.63) is 81.1 Å².